The third kappa shape index (κ3) is 3.08. The van der Waals surface area contributed by atoms with Gasteiger partial charge < -0.3 is 15.1 Å². The molecule has 0 radical (unpaired) electrons. The third-order valence-electron chi connectivity index (χ3n) is 3.28. The number of para-hydroxylation sites is 1. The number of nitrogens with one attached hydrogen (secondary N) is 2. The van der Waals surface area contributed by atoms with Gasteiger partial charge in [-0.15, -0.1) is 12.4 Å². The predicted octanol–water partition coefficient (Wildman–Crippen LogP) is 2.34. The number of carbonyl (C=O) groups excluding carboxylic acids is 1. The lowest BCUT2D eigenvalue weighted by Crippen LogP contribution is -2.45. The number of furan rings is 1. The normalized spacial score (nSPS) is 18.8. The molecule has 1 atom stereocenters. The molecule has 5 heteroatoms. The van der Waals surface area contributed by atoms with E-state index in [1.165, 1.54) is 0 Å². The standard InChI is InChI=1S/C14H16N2O2.ClH/c17-14(16-11-5-3-7-15-9-11)13-8-10-4-1-2-6-12(10)18-13;/h1-2,4,6,8,11,15H,3,5,7,9H2,(H,16,17);1H. The van der Waals surface area contributed by atoms with E-state index < -0.39 is 0 Å². The van der Waals surface area contributed by atoms with Crippen LogP contribution < -0.4 is 10.6 Å². The molecule has 4 nitrogen and oxygen atoms in total. The molecule has 1 aliphatic rings. The monoisotopic (exact) mass is 280 g/mol. The van der Waals surface area contributed by atoms with Crippen LogP contribution in [0.15, 0.2) is 34.7 Å². The molecule has 2 aromatic rings. The Bertz CT molecular complexity index is 528. The summed E-state index contributed by atoms with van der Waals surface area (Å²) in [7, 11) is 0. The van der Waals surface area contributed by atoms with Crippen LogP contribution >= 0.6 is 12.4 Å². The molecule has 0 aliphatic carbocycles. The number of benzene rings is 1. The summed E-state index contributed by atoms with van der Waals surface area (Å²) in [5.74, 6) is 0.265. The van der Waals surface area contributed by atoms with Gasteiger partial charge in [-0.05, 0) is 31.5 Å². The van der Waals surface area contributed by atoms with Crippen LogP contribution in [-0.4, -0.2) is 25.0 Å². The smallest absolute Gasteiger partial charge is 0.287 e. The minimum atomic E-state index is -0.125. The van der Waals surface area contributed by atoms with Gasteiger partial charge in [-0.25, -0.2) is 0 Å². The second kappa shape index (κ2) is 6.08. The van der Waals surface area contributed by atoms with E-state index in [-0.39, 0.29) is 24.4 Å². The maximum absolute atomic E-state index is 12.0. The highest BCUT2D eigenvalue weighted by Gasteiger charge is 2.18. The van der Waals surface area contributed by atoms with E-state index in [4.69, 9.17) is 4.42 Å². The van der Waals surface area contributed by atoms with E-state index in [1.807, 2.05) is 24.3 Å². The Kier molecular flexibility index (Phi) is 4.45. The molecular weight excluding hydrogens is 264 g/mol. The predicted molar refractivity (Wildman–Crippen MR) is 76.8 cm³/mol. The van der Waals surface area contributed by atoms with Gasteiger partial charge in [-0.3, -0.25) is 4.79 Å². The van der Waals surface area contributed by atoms with Crippen LogP contribution in [0.4, 0.5) is 0 Å². The molecule has 2 heterocycles. The van der Waals surface area contributed by atoms with Crippen LogP contribution in [0, 0.1) is 0 Å². The molecule has 1 aromatic heterocycles. The SMILES string of the molecule is Cl.O=C(NC1CCCNC1)c1cc2ccccc2o1. The molecule has 1 unspecified atom stereocenters. The number of piperidine rings is 1. The molecular formula is C14H17ClN2O2. The van der Waals surface area contributed by atoms with Crippen molar-refractivity contribution < 1.29 is 9.21 Å². The Labute approximate surface area is 118 Å². The first-order chi connectivity index (χ1) is 8.83. The summed E-state index contributed by atoms with van der Waals surface area (Å²) in [5.41, 5.74) is 0.754. The zero-order valence-electron chi connectivity index (χ0n) is 10.5. The van der Waals surface area contributed by atoms with Gasteiger partial charge in [-0.1, -0.05) is 18.2 Å². The van der Waals surface area contributed by atoms with Crippen LogP contribution in [-0.2, 0) is 0 Å². The summed E-state index contributed by atoms with van der Waals surface area (Å²) in [6.07, 6.45) is 2.13. The van der Waals surface area contributed by atoms with Gasteiger partial charge in [0.1, 0.15) is 5.58 Å². The third-order valence-corrected chi connectivity index (χ3v) is 3.28. The maximum atomic E-state index is 12.0. The van der Waals surface area contributed by atoms with Crippen molar-refractivity contribution in [1.82, 2.24) is 10.6 Å². The summed E-state index contributed by atoms with van der Waals surface area (Å²) in [5, 5.41) is 7.24. The lowest BCUT2D eigenvalue weighted by Gasteiger charge is -2.23. The minimum absolute atomic E-state index is 0. The lowest BCUT2D eigenvalue weighted by molar-refractivity contribution is 0.0905. The van der Waals surface area contributed by atoms with Crippen molar-refractivity contribution in [3.63, 3.8) is 0 Å². The number of amides is 1. The van der Waals surface area contributed by atoms with E-state index >= 15 is 0 Å². The fourth-order valence-corrected chi connectivity index (χ4v) is 2.33. The van der Waals surface area contributed by atoms with Crippen LogP contribution in [0.1, 0.15) is 23.4 Å². The Morgan fingerprint density at radius 1 is 1.37 bits per heavy atom. The average molecular weight is 281 g/mol. The summed E-state index contributed by atoms with van der Waals surface area (Å²) < 4.78 is 5.54. The summed E-state index contributed by atoms with van der Waals surface area (Å²) in [6.45, 7) is 1.88. The molecule has 2 N–H and O–H groups in total. The number of rotatable bonds is 2. The highest BCUT2D eigenvalue weighted by atomic mass is 35.5. The quantitative estimate of drug-likeness (QED) is 0.888. The lowest BCUT2D eigenvalue weighted by atomic mass is 10.1. The highest BCUT2D eigenvalue weighted by Crippen LogP contribution is 2.18. The van der Waals surface area contributed by atoms with E-state index in [9.17, 15) is 4.79 Å². The first-order valence-corrected chi connectivity index (χ1v) is 6.33. The van der Waals surface area contributed by atoms with E-state index in [0.717, 1.165) is 36.9 Å². The molecule has 19 heavy (non-hydrogen) atoms. The van der Waals surface area contributed by atoms with Gasteiger partial charge in [0.25, 0.3) is 5.91 Å². The second-order valence-electron chi connectivity index (χ2n) is 4.67. The van der Waals surface area contributed by atoms with Gasteiger partial charge >= 0.3 is 0 Å². The Morgan fingerprint density at radius 3 is 2.95 bits per heavy atom. The summed E-state index contributed by atoms with van der Waals surface area (Å²) >= 11 is 0. The number of hydrogen-bond acceptors (Lipinski definition) is 3. The number of carbonyl (C=O) groups is 1. The number of fused-ring (bicyclic) bond motifs is 1. The van der Waals surface area contributed by atoms with E-state index in [2.05, 4.69) is 10.6 Å². The topological polar surface area (TPSA) is 54.3 Å². The molecule has 1 fully saturated rings. The number of hydrogen-bond donors (Lipinski definition) is 2. The van der Waals surface area contributed by atoms with E-state index in [0.29, 0.717) is 5.76 Å². The molecule has 0 spiro atoms. The molecule has 1 aromatic carbocycles. The second-order valence-corrected chi connectivity index (χ2v) is 4.67. The molecule has 1 saturated heterocycles. The van der Waals surface area contributed by atoms with Gasteiger partial charge in [0, 0.05) is 18.0 Å². The van der Waals surface area contributed by atoms with Gasteiger partial charge in [0.2, 0.25) is 0 Å². The average Bonchev–Trinajstić information content (AvgIpc) is 2.84. The van der Waals surface area contributed by atoms with Gasteiger partial charge in [0.15, 0.2) is 5.76 Å². The molecule has 102 valence electrons. The van der Waals surface area contributed by atoms with Crippen LogP contribution in [0.25, 0.3) is 11.0 Å². The Balaban J connectivity index is 0.00000133. The van der Waals surface area contributed by atoms with Crippen LogP contribution in [0.2, 0.25) is 0 Å². The first-order valence-electron chi connectivity index (χ1n) is 6.33. The van der Waals surface area contributed by atoms with E-state index in [1.54, 1.807) is 6.07 Å². The minimum Gasteiger partial charge on any atom is -0.451 e. The van der Waals surface area contributed by atoms with Gasteiger partial charge in [0.05, 0.1) is 0 Å². The van der Waals surface area contributed by atoms with Crippen molar-refractivity contribution in [2.45, 2.75) is 18.9 Å². The molecule has 1 aliphatic heterocycles. The van der Waals surface area contributed by atoms with Crippen molar-refractivity contribution in [2.75, 3.05) is 13.1 Å². The van der Waals surface area contributed by atoms with Gasteiger partial charge in [-0.2, -0.15) is 0 Å². The maximum Gasteiger partial charge on any atom is 0.287 e. The summed E-state index contributed by atoms with van der Waals surface area (Å²) in [6, 6.07) is 9.65. The fourth-order valence-electron chi connectivity index (χ4n) is 2.33. The highest BCUT2D eigenvalue weighted by molar-refractivity contribution is 5.96. The molecule has 0 bridgehead atoms. The molecule has 1 amide bonds. The van der Waals surface area contributed by atoms with Crippen LogP contribution in [0.5, 0.6) is 0 Å². The largest absolute Gasteiger partial charge is 0.451 e. The van der Waals surface area contributed by atoms with Crippen molar-refractivity contribution in [1.29, 1.82) is 0 Å². The Hall–Kier alpha value is -1.52. The van der Waals surface area contributed by atoms with Crippen LogP contribution in [0.3, 0.4) is 0 Å². The molecule has 0 saturated carbocycles. The zero-order chi connectivity index (χ0) is 12.4. The number of halogens is 1. The first kappa shape index (κ1) is 13.9. The molecule has 3 rings (SSSR count). The van der Waals surface area contributed by atoms with Crippen molar-refractivity contribution in [2.24, 2.45) is 0 Å². The van der Waals surface area contributed by atoms with Crippen molar-refractivity contribution >= 4 is 29.3 Å². The fraction of sp³-hybridized carbons (Fsp3) is 0.357. The summed E-state index contributed by atoms with van der Waals surface area (Å²) in [4.78, 5) is 12.0. The Morgan fingerprint density at radius 2 is 2.21 bits per heavy atom. The van der Waals surface area contributed by atoms with Crippen molar-refractivity contribution in [3.8, 4) is 0 Å². The van der Waals surface area contributed by atoms with Crippen molar-refractivity contribution in [3.05, 3.63) is 36.1 Å². The zero-order valence-corrected chi connectivity index (χ0v) is 11.3.